The first kappa shape index (κ1) is 14.7. The first-order valence-electron chi connectivity index (χ1n) is 4.40. The summed E-state index contributed by atoms with van der Waals surface area (Å²) < 4.78 is 22.5. The van der Waals surface area contributed by atoms with Crippen molar-refractivity contribution in [3.8, 4) is 0 Å². The van der Waals surface area contributed by atoms with Gasteiger partial charge in [0.15, 0.2) is 0 Å². The Balaban J connectivity index is 0.00000162. The molecule has 9 heteroatoms. The van der Waals surface area contributed by atoms with Gasteiger partial charge in [0.2, 0.25) is 0 Å². The number of carbonyl (C=O) groups is 2. The maximum absolute atomic E-state index is 11.2. The SMILES string of the molecule is Cc1cc2c(cc1S(=O)(=O)Cl)=NC(=O)C(=O)N=2.Cl. The number of halogens is 2. The zero-order valence-corrected chi connectivity index (χ0v) is 11.3. The molecule has 0 radical (unpaired) electrons. The van der Waals surface area contributed by atoms with Crippen molar-refractivity contribution in [2.75, 3.05) is 0 Å². The number of carbonyl (C=O) groups excluding carboxylic acids is 2. The molecule has 1 aromatic carbocycles. The van der Waals surface area contributed by atoms with Crippen LogP contribution in [0.25, 0.3) is 0 Å². The van der Waals surface area contributed by atoms with Crippen LogP contribution in [0.1, 0.15) is 5.56 Å². The molecule has 1 aliphatic rings. The Bertz CT molecular complexity index is 770. The Hall–Kier alpha value is -1.31. The molecule has 0 aliphatic carbocycles. The van der Waals surface area contributed by atoms with Gasteiger partial charge in [0.25, 0.3) is 9.05 Å². The molecule has 0 spiro atoms. The largest absolute Gasteiger partial charge is 0.338 e. The van der Waals surface area contributed by atoms with Crippen molar-refractivity contribution in [2.45, 2.75) is 11.8 Å². The van der Waals surface area contributed by atoms with Crippen molar-refractivity contribution in [3.63, 3.8) is 0 Å². The summed E-state index contributed by atoms with van der Waals surface area (Å²) in [6, 6.07) is 2.47. The van der Waals surface area contributed by atoms with E-state index >= 15 is 0 Å². The summed E-state index contributed by atoms with van der Waals surface area (Å²) in [4.78, 5) is 28.8. The molecule has 0 N–H and O–H groups in total. The lowest BCUT2D eigenvalue weighted by Crippen LogP contribution is -2.35. The maximum atomic E-state index is 11.2. The van der Waals surface area contributed by atoms with Gasteiger partial charge in [-0.15, -0.1) is 12.4 Å². The van der Waals surface area contributed by atoms with Crippen molar-refractivity contribution < 1.29 is 18.0 Å². The molecule has 1 aromatic rings. The highest BCUT2D eigenvalue weighted by Crippen LogP contribution is 2.15. The smallest absolute Gasteiger partial charge is 0.261 e. The molecule has 0 saturated heterocycles. The number of aryl methyl sites for hydroxylation is 1. The van der Waals surface area contributed by atoms with Crippen LogP contribution in [0.2, 0.25) is 0 Å². The lowest BCUT2D eigenvalue weighted by molar-refractivity contribution is -0.135. The average molecular weight is 309 g/mol. The third kappa shape index (κ3) is 2.58. The van der Waals surface area contributed by atoms with Gasteiger partial charge in [0.1, 0.15) is 0 Å². The Morgan fingerprint density at radius 1 is 1.06 bits per heavy atom. The monoisotopic (exact) mass is 308 g/mol. The topological polar surface area (TPSA) is 93.0 Å². The third-order valence-corrected chi connectivity index (χ3v) is 3.63. The highest BCUT2D eigenvalue weighted by Gasteiger charge is 2.19. The molecule has 6 nitrogen and oxygen atoms in total. The molecule has 0 atom stereocenters. The predicted octanol–water partition coefficient (Wildman–Crippen LogP) is -0.350. The highest BCUT2D eigenvalue weighted by atomic mass is 35.7. The Morgan fingerprint density at radius 2 is 1.50 bits per heavy atom. The Labute approximate surface area is 112 Å². The summed E-state index contributed by atoms with van der Waals surface area (Å²) in [7, 11) is 1.30. The standard InChI is InChI=1S/C9H5ClN2O4S.ClH/c1-4-2-5-6(3-7(4)17(10,15)16)12-9(14)8(13)11-5;/h2-3H,1H3;1H. The van der Waals surface area contributed by atoms with E-state index in [0.717, 1.165) is 6.07 Å². The zero-order valence-electron chi connectivity index (χ0n) is 8.88. The Kier molecular flexibility index (Phi) is 3.89. The molecule has 0 fully saturated rings. The van der Waals surface area contributed by atoms with Crippen molar-refractivity contribution >= 4 is 44.0 Å². The molecule has 2 amide bonds. The van der Waals surface area contributed by atoms with E-state index in [9.17, 15) is 18.0 Å². The number of amides is 2. The summed E-state index contributed by atoms with van der Waals surface area (Å²) in [5, 5.41) is 0.190. The van der Waals surface area contributed by atoms with Crippen LogP contribution in [0.15, 0.2) is 27.0 Å². The predicted molar refractivity (Wildman–Crippen MR) is 63.8 cm³/mol. The van der Waals surface area contributed by atoms with Gasteiger partial charge in [-0.2, -0.15) is 0 Å². The van der Waals surface area contributed by atoms with Crippen LogP contribution in [0.5, 0.6) is 0 Å². The summed E-state index contributed by atoms with van der Waals surface area (Å²) in [5.74, 6) is -2.00. The molecule has 0 unspecified atom stereocenters. The third-order valence-electron chi connectivity index (χ3n) is 2.16. The van der Waals surface area contributed by atoms with E-state index in [1.807, 2.05) is 0 Å². The van der Waals surface area contributed by atoms with Crippen LogP contribution in [0.4, 0.5) is 0 Å². The van der Waals surface area contributed by atoms with Crippen molar-refractivity contribution in [1.29, 1.82) is 0 Å². The summed E-state index contributed by atoms with van der Waals surface area (Å²) in [5.41, 5.74) is 0.333. The van der Waals surface area contributed by atoms with Crippen LogP contribution in [-0.2, 0) is 18.6 Å². The van der Waals surface area contributed by atoms with E-state index in [1.165, 1.54) is 13.0 Å². The van der Waals surface area contributed by atoms with Gasteiger partial charge in [-0.05, 0) is 24.6 Å². The van der Waals surface area contributed by atoms with E-state index < -0.39 is 20.9 Å². The number of benzene rings is 1. The quantitative estimate of drug-likeness (QED) is 0.523. The molecule has 2 rings (SSSR count). The lowest BCUT2D eigenvalue weighted by atomic mass is 10.2. The van der Waals surface area contributed by atoms with Crippen molar-refractivity contribution in [1.82, 2.24) is 0 Å². The van der Waals surface area contributed by atoms with Crippen molar-refractivity contribution in [2.24, 2.45) is 9.98 Å². The second-order valence-corrected chi connectivity index (χ2v) is 5.91. The fraction of sp³-hybridized carbons (Fsp3) is 0.111. The van der Waals surface area contributed by atoms with Crippen LogP contribution < -0.4 is 10.7 Å². The van der Waals surface area contributed by atoms with E-state index in [0.29, 0.717) is 5.56 Å². The molecule has 1 aliphatic heterocycles. The van der Waals surface area contributed by atoms with E-state index in [2.05, 4.69) is 9.98 Å². The van der Waals surface area contributed by atoms with E-state index in [1.54, 1.807) is 0 Å². The number of nitrogens with zero attached hydrogens (tertiary/aromatic N) is 2. The van der Waals surface area contributed by atoms with Crippen LogP contribution in [0, 0.1) is 6.92 Å². The fourth-order valence-electron chi connectivity index (χ4n) is 1.42. The summed E-state index contributed by atoms with van der Waals surface area (Å²) in [6.45, 7) is 1.51. The second kappa shape index (κ2) is 4.75. The minimum absolute atomic E-state index is 0. The van der Waals surface area contributed by atoms with Gasteiger partial charge in [0, 0.05) is 10.7 Å². The zero-order chi connectivity index (χ0) is 12.8. The minimum atomic E-state index is -3.92. The highest BCUT2D eigenvalue weighted by molar-refractivity contribution is 8.13. The molecule has 0 saturated carbocycles. The van der Waals surface area contributed by atoms with Gasteiger partial charge >= 0.3 is 11.8 Å². The molecular weight excluding hydrogens is 303 g/mol. The molecule has 0 bridgehead atoms. The Morgan fingerprint density at radius 3 is 1.94 bits per heavy atom. The lowest BCUT2D eigenvalue weighted by Gasteiger charge is -2.03. The summed E-state index contributed by atoms with van der Waals surface area (Å²) >= 11 is 0. The average Bonchev–Trinajstić information content (AvgIpc) is 2.18. The number of fused-ring (bicyclic) bond motifs is 1. The first-order chi connectivity index (χ1) is 7.79. The van der Waals surface area contributed by atoms with Gasteiger partial charge in [-0.1, -0.05) is 0 Å². The molecule has 0 aromatic heterocycles. The molecule has 1 heterocycles. The number of hydrogen-bond donors (Lipinski definition) is 0. The molecule has 18 heavy (non-hydrogen) atoms. The van der Waals surface area contributed by atoms with Crippen LogP contribution in [0.3, 0.4) is 0 Å². The van der Waals surface area contributed by atoms with Gasteiger partial charge in [-0.25, -0.2) is 18.4 Å². The summed E-state index contributed by atoms with van der Waals surface area (Å²) in [6.07, 6.45) is 0. The van der Waals surface area contributed by atoms with Crippen LogP contribution in [-0.4, -0.2) is 20.2 Å². The minimum Gasteiger partial charge on any atom is -0.261 e. The van der Waals surface area contributed by atoms with Gasteiger partial charge in [0.05, 0.1) is 15.6 Å². The second-order valence-electron chi connectivity index (χ2n) is 3.38. The van der Waals surface area contributed by atoms with E-state index in [4.69, 9.17) is 10.7 Å². The number of hydrogen-bond acceptors (Lipinski definition) is 4. The normalized spacial score (nSPS) is 14.1. The van der Waals surface area contributed by atoms with Crippen LogP contribution >= 0.6 is 23.1 Å². The number of rotatable bonds is 1. The van der Waals surface area contributed by atoms with Gasteiger partial charge in [-0.3, -0.25) is 9.59 Å². The first-order valence-corrected chi connectivity index (χ1v) is 6.71. The fourth-order valence-corrected chi connectivity index (χ4v) is 2.61. The van der Waals surface area contributed by atoms with E-state index in [-0.39, 0.29) is 28.0 Å². The van der Waals surface area contributed by atoms with Crippen molar-refractivity contribution in [3.05, 3.63) is 28.4 Å². The maximum Gasteiger partial charge on any atom is 0.338 e. The van der Waals surface area contributed by atoms with Gasteiger partial charge < -0.3 is 0 Å². The molecule has 96 valence electrons. The molecular formula is C9H6Cl2N2O4S.